The van der Waals surface area contributed by atoms with Gasteiger partial charge in [0.15, 0.2) is 0 Å². The van der Waals surface area contributed by atoms with E-state index in [1.807, 2.05) is 24.4 Å². The predicted molar refractivity (Wildman–Crippen MR) is 162 cm³/mol. The third kappa shape index (κ3) is 6.89. The fourth-order valence-corrected chi connectivity index (χ4v) is 8.65. The quantitative estimate of drug-likeness (QED) is 0.293. The number of nitrogens with zero attached hydrogens (tertiary/aromatic N) is 1. The van der Waals surface area contributed by atoms with Gasteiger partial charge in [-0.05, 0) is 80.1 Å². The summed E-state index contributed by atoms with van der Waals surface area (Å²) in [6.07, 6.45) is 1.12. The van der Waals surface area contributed by atoms with Crippen molar-refractivity contribution in [2.75, 3.05) is 39.9 Å². The summed E-state index contributed by atoms with van der Waals surface area (Å²) in [5.74, 6) is 0.351. The van der Waals surface area contributed by atoms with E-state index in [2.05, 4.69) is 10.0 Å². The van der Waals surface area contributed by atoms with Gasteiger partial charge < -0.3 is 19.9 Å². The SMILES string of the molecule is CNS(=O)(=O)c1cccc(OCC(O)CNC2COC3(CCN(S(=O)(=O)c4cccc(-c5sccc5C)c4)CC3)C2)c1. The number of aliphatic hydroxyl groups is 1. The maximum Gasteiger partial charge on any atom is 0.243 e. The van der Waals surface area contributed by atoms with Gasteiger partial charge in [-0.3, -0.25) is 0 Å². The highest BCUT2D eigenvalue weighted by molar-refractivity contribution is 7.89. The van der Waals surface area contributed by atoms with Crippen LogP contribution in [-0.4, -0.2) is 83.9 Å². The van der Waals surface area contributed by atoms with Gasteiger partial charge in [-0.25, -0.2) is 21.6 Å². The lowest BCUT2D eigenvalue weighted by molar-refractivity contribution is -0.0312. The van der Waals surface area contributed by atoms with Gasteiger partial charge in [0.1, 0.15) is 18.5 Å². The average molecular weight is 636 g/mol. The minimum Gasteiger partial charge on any atom is -0.491 e. The van der Waals surface area contributed by atoms with Crippen LogP contribution < -0.4 is 14.8 Å². The lowest BCUT2D eigenvalue weighted by Gasteiger charge is -2.38. The third-order valence-corrected chi connectivity index (χ3v) is 12.3. The number of sulfonamides is 2. The summed E-state index contributed by atoms with van der Waals surface area (Å²) in [5.41, 5.74) is 1.65. The van der Waals surface area contributed by atoms with Crippen LogP contribution in [0, 0.1) is 6.92 Å². The first kappa shape index (κ1) is 31.1. The van der Waals surface area contributed by atoms with Gasteiger partial charge in [-0.2, -0.15) is 4.31 Å². The minimum absolute atomic E-state index is 0.00511. The summed E-state index contributed by atoms with van der Waals surface area (Å²) in [7, 11) is -5.87. The second-order valence-corrected chi connectivity index (χ2v) is 15.6. The Balaban J connectivity index is 1.10. The number of nitrogens with one attached hydrogen (secondary N) is 2. The Kier molecular flexibility index (Phi) is 9.40. The van der Waals surface area contributed by atoms with Gasteiger partial charge in [0.2, 0.25) is 20.0 Å². The summed E-state index contributed by atoms with van der Waals surface area (Å²) < 4.78 is 66.6. The first-order valence-electron chi connectivity index (χ1n) is 13.9. The van der Waals surface area contributed by atoms with Crippen molar-refractivity contribution in [2.24, 2.45) is 0 Å². The molecule has 2 aliphatic heterocycles. The molecule has 0 bridgehead atoms. The van der Waals surface area contributed by atoms with Gasteiger partial charge in [-0.15, -0.1) is 11.3 Å². The monoisotopic (exact) mass is 635 g/mol. The van der Waals surface area contributed by atoms with Crippen molar-refractivity contribution < 1.29 is 31.4 Å². The van der Waals surface area contributed by atoms with Gasteiger partial charge in [0.05, 0.1) is 22.0 Å². The van der Waals surface area contributed by atoms with Gasteiger partial charge in [0, 0.05) is 36.6 Å². The third-order valence-electron chi connectivity index (χ3n) is 7.91. The van der Waals surface area contributed by atoms with Crippen LogP contribution in [-0.2, 0) is 24.8 Å². The number of benzene rings is 2. The molecule has 0 radical (unpaired) electrons. The molecule has 1 spiro atoms. The number of piperidine rings is 1. The summed E-state index contributed by atoms with van der Waals surface area (Å²) in [5, 5.41) is 15.8. The van der Waals surface area contributed by atoms with E-state index in [1.165, 1.54) is 19.2 Å². The zero-order valence-electron chi connectivity index (χ0n) is 23.7. The molecule has 228 valence electrons. The first-order valence-corrected chi connectivity index (χ1v) is 17.7. The molecule has 2 unspecified atom stereocenters. The Morgan fingerprint density at radius 2 is 1.83 bits per heavy atom. The molecule has 0 amide bonds. The molecule has 3 heterocycles. The van der Waals surface area contributed by atoms with E-state index < -0.39 is 26.2 Å². The Morgan fingerprint density at radius 1 is 1.10 bits per heavy atom. The van der Waals surface area contributed by atoms with Crippen molar-refractivity contribution in [1.29, 1.82) is 0 Å². The molecule has 1 aromatic heterocycles. The topological polar surface area (TPSA) is 134 Å². The number of rotatable bonds is 11. The molecule has 2 atom stereocenters. The number of aryl methyl sites for hydroxylation is 1. The Labute approximate surface area is 251 Å². The van der Waals surface area contributed by atoms with Crippen molar-refractivity contribution in [3.8, 4) is 16.2 Å². The van der Waals surface area contributed by atoms with Crippen LogP contribution in [0.25, 0.3) is 10.4 Å². The van der Waals surface area contributed by atoms with Crippen LogP contribution in [0.15, 0.2) is 69.8 Å². The molecular formula is C29H37N3O7S3. The lowest BCUT2D eigenvalue weighted by Crippen LogP contribution is -2.47. The predicted octanol–water partition coefficient (Wildman–Crippen LogP) is 2.97. The second-order valence-electron chi connectivity index (χ2n) is 10.8. The zero-order valence-corrected chi connectivity index (χ0v) is 26.1. The Bertz CT molecular complexity index is 1600. The lowest BCUT2D eigenvalue weighted by atomic mass is 9.88. The van der Waals surface area contributed by atoms with E-state index in [0.717, 1.165) is 22.4 Å². The molecule has 2 aliphatic rings. The number of hydrogen-bond donors (Lipinski definition) is 3. The van der Waals surface area contributed by atoms with Gasteiger partial charge in [-0.1, -0.05) is 18.2 Å². The fraction of sp³-hybridized carbons (Fsp3) is 0.448. The van der Waals surface area contributed by atoms with Crippen molar-refractivity contribution >= 4 is 31.4 Å². The first-order chi connectivity index (χ1) is 20.0. The van der Waals surface area contributed by atoms with E-state index in [0.29, 0.717) is 43.2 Å². The van der Waals surface area contributed by atoms with Crippen molar-refractivity contribution in [3.05, 3.63) is 65.5 Å². The average Bonchev–Trinajstić information content (AvgIpc) is 3.61. The molecule has 42 heavy (non-hydrogen) atoms. The highest BCUT2D eigenvalue weighted by Crippen LogP contribution is 2.38. The molecule has 5 rings (SSSR count). The molecule has 2 fully saturated rings. The zero-order chi connectivity index (χ0) is 30.0. The van der Waals surface area contributed by atoms with Crippen LogP contribution in [0.1, 0.15) is 24.8 Å². The van der Waals surface area contributed by atoms with Crippen molar-refractivity contribution in [2.45, 2.75) is 53.7 Å². The van der Waals surface area contributed by atoms with Gasteiger partial charge >= 0.3 is 0 Å². The molecule has 0 aliphatic carbocycles. The maximum atomic E-state index is 13.5. The number of aliphatic hydroxyl groups excluding tert-OH is 1. The van der Waals surface area contributed by atoms with Crippen LogP contribution in [0.2, 0.25) is 0 Å². The van der Waals surface area contributed by atoms with Crippen LogP contribution in [0.3, 0.4) is 0 Å². The normalized spacial score (nSPS) is 20.1. The second kappa shape index (κ2) is 12.7. The van der Waals surface area contributed by atoms with E-state index >= 15 is 0 Å². The molecule has 2 aromatic carbocycles. The molecule has 10 nitrogen and oxygen atoms in total. The molecule has 3 N–H and O–H groups in total. The number of ether oxygens (including phenoxy) is 2. The van der Waals surface area contributed by atoms with Crippen molar-refractivity contribution in [3.63, 3.8) is 0 Å². The molecule has 13 heteroatoms. The highest BCUT2D eigenvalue weighted by Gasteiger charge is 2.44. The van der Waals surface area contributed by atoms with Gasteiger partial charge in [0.25, 0.3) is 0 Å². The van der Waals surface area contributed by atoms with E-state index in [-0.39, 0.29) is 29.7 Å². The maximum absolute atomic E-state index is 13.5. The summed E-state index contributed by atoms with van der Waals surface area (Å²) in [6.45, 7) is 3.55. The summed E-state index contributed by atoms with van der Waals surface area (Å²) in [6, 6.07) is 15.3. The number of thiophene rings is 1. The highest BCUT2D eigenvalue weighted by atomic mass is 32.2. The van der Waals surface area contributed by atoms with Crippen LogP contribution >= 0.6 is 11.3 Å². The molecular weight excluding hydrogens is 599 g/mol. The molecule has 0 saturated carbocycles. The Hall–Kier alpha value is -2.36. The Morgan fingerprint density at radius 3 is 2.55 bits per heavy atom. The fourth-order valence-electron chi connectivity index (χ4n) is 5.48. The van der Waals surface area contributed by atoms with E-state index in [1.54, 1.807) is 46.0 Å². The molecule has 3 aromatic rings. The summed E-state index contributed by atoms with van der Waals surface area (Å²) in [4.78, 5) is 1.47. The minimum atomic E-state index is -3.63. The number of hydrogen-bond acceptors (Lipinski definition) is 9. The standard InChI is InChI=1S/C29H37N3O7S3/c1-21-9-14-40-28(21)22-5-3-8-27(15-22)42(36,37)32-12-10-29(11-13-32)17-23(19-39-29)31-18-24(33)20-38-25-6-4-7-26(16-25)41(34,35)30-2/h3-9,14-16,23-24,30-31,33H,10-13,17-20H2,1-2H3. The molecule has 2 saturated heterocycles. The summed E-state index contributed by atoms with van der Waals surface area (Å²) >= 11 is 1.60. The van der Waals surface area contributed by atoms with E-state index in [4.69, 9.17) is 9.47 Å². The largest absolute Gasteiger partial charge is 0.491 e. The van der Waals surface area contributed by atoms with Crippen LogP contribution in [0.4, 0.5) is 0 Å². The van der Waals surface area contributed by atoms with Crippen LogP contribution in [0.5, 0.6) is 5.75 Å². The van der Waals surface area contributed by atoms with Crippen molar-refractivity contribution in [1.82, 2.24) is 14.3 Å². The smallest absolute Gasteiger partial charge is 0.243 e. The van der Waals surface area contributed by atoms with E-state index in [9.17, 15) is 21.9 Å².